The number of phenols is 1. The molecule has 0 bridgehead atoms. The van der Waals surface area contributed by atoms with Gasteiger partial charge in [0.2, 0.25) is 5.91 Å². The smallest absolute Gasteiger partial charge is 0.230 e. The molecular formula is C21H19NO2S. The molecule has 1 amide bonds. The van der Waals surface area contributed by atoms with E-state index in [1.165, 1.54) is 10.8 Å². The van der Waals surface area contributed by atoms with Crippen LogP contribution in [0.5, 0.6) is 5.75 Å². The lowest BCUT2D eigenvalue weighted by atomic mass is 10.1. The molecule has 126 valence electrons. The number of aromatic hydroxyl groups is 1. The highest BCUT2D eigenvalue weighted by Crippen LogP contribution is 2.36. The number of hydrogen-bond acceptors (Lipinski definition) is 3. The molecular weight excluding hydrogens is 330 g/mol. The highest BCUT2D eigenvalue weighted by Gasteiger charge is 2.25. The molecule has 1 aliphatic carbocycles. The van der Waals surface area contributed by atoms with Crippen LogP contribution in [-0.2, 0) is 11.2 Å². The van der Waals surface area contributed by atoms with E-state index < -0.39 is 0 Å². The van der Waals surface area contributed by atoms with Crippen molar-refractivity contribution in [2.45, 2.75) is 23.8 Å². The van der Waals surface area contributed by atoms with Crippen LogP contribution in [0.3, 0.4) is 0 Å². The molecule has 3 aromatic rings. The SMILES string of the molecule is O=C(CSc1ccc2ccccc2c1)NC1CCc2c(O)cccc21. The Morgan fingerprint density at radius 2 is 1.92 bits per heavy atom. The van der Waals surface area contributed by atoms with Crippen LogP contribution in [0.2, 0.25) is 0 Å². The third-order valence-electron chi connectivity index (χ3n) is 4.67. The van der Waals surface area contributed by atoms with Gasteiger partial charge in [-0.3, -0.25) is 4.79 Å². The number of nitrogens with one attached hydrogen (secondary N) is 1. The maximum Gasteiger partial charge on any atom is 0.230 e. The molecule has 0 radical (unpaired) electrons. The Morgan fingerprint density at radius 1 is 1.08 bits per heavy atom. The summed E-state index contributed by atoms with van der Waals surface area (Å²) < 4.78 is 0. The number of carbonyl (C=O) groups excluding carboxylic acids is 1. The number of fused-ring (bicyclic) bond motifs is 2. The van der Waals surface area contributed by atoms with E-state index in [1.54, 1.807) is 17.8 Å². The van der Waals surface area contributed by atoms with E-state index in [2.05, 4.69) is 35.6 Å². The lowest BCUT2D eigenvalue weighted by Crippen LogP contribution is -2.28. The Bertz CT molecular complexity index is 938. The van der Waals surface area contributed by atoms with Gasteiger partial charge in [-0.1, -0.05) is 42.5 Å². The molecule has 1 atom stereocenters. The monoisotopic (exact) mass is 349 g/mol. The minimum atomic E-state index is 0.00630. The Labute approximate surface area is 151 Å². The molecule has 0 aliphatic heterocycles. The Kier molecular flexibility index (Phi) is 4.36. The molecule has 3 aromatic carbocycles. The second kappa shape index (κ2) is 6.81. The zero-order valence-electron chi connectivity index (χ0n) is 13.7. The molecule has 3 nitrogen and oxygen atoms in total. The maximum absolute atomic E-state index is 12.3. The van der Waals surface area contributed by atoms with E-state index in [0.29, 0.717) is 11.5 Å². The fourth-order valence-corrected chi connectivity index (χ4v) is 4.18. The van der Waals surface area contributed by atoms with Crippen LogP contribution in [0, 0.1) is 0 Å². The minimum Gasteiger partial charge on any atom is -0.508 e. The average molecular weight is 349 g/mol. The largest absolute Gasteiger partial charge is 0.508 e. The van der Waals surface area contributed by atoms with Crippen LogP contribution in [0.1, 0.15) is 23.6 Å². The summed E-state index contributed by atoms with van der Waals surface area (Å²) in [5.41, 5.74) is 2.01. The molecule has 2 N–H and O–H groups in total. The fraction of sp³-hybridized carbons (Fsp3) is 0.190. The summed E-state index contributed by atoms with van der Waals surface area (Å²) in [5, 5.41) is 15.4. The van der Waals surface area contributed by atoms with Gasteiger partial charge in [0.1, 0.15) is 5.75 Å². The number of thioether (sulfide) groups is 1. The van der Waals surface area contributed by atoms with Gasteiger partial charge in [-0.2, -0.15) is 0 Å². The van der Waals surface area contributed by atoms with Gasteiger partial charge in [0.05, 0.1) is 11.8 Å². The van der Waals surface area contributed by atoms with Crippen LogP contribution in [-0.4, -0.2) is 16.8 Å². The van der Waals surface area contributed by atoms with Gasteiger partial charge in [-0.25, -0.2) is 0 Å². The van der Waals surface area contributed by atoms with Crippen molar-refractivity contribution in [2.24, 2.45) is 0 Å². The summed E-state index contributed by atoms with van der Waals surface area (Å²) in [6.45, 7) is 0. The lowest BCUT2D eigenvalue weighted by molar-refractivity contribution is -0.119. The average Bonchev–Trinajstić information content (AvgIpc) is 3.04. The van der Waals surface area contributed by atoms with E-state index >= 15 is 0 Å². The zero-order chi connectivity index (χ0) is 17.2. The number of phenolic OH excluding ortho intramolecular Hbond substituents is 1. The van der Waals surface area contributed by atoms with Gasteiger partial charge in [0, 0.05) is 4.90 Å². The van der Waals surface area contributed by atoms with Gasteiger partial charge in [-0.15, -0.1) is 11.8 Å². The quantitative estimate of drug-likeness (QED) is 0.685. The molecule has 0 saturated carbocycles. The maximum atomic E-state index is 12.3. The van der Waals surface area contributed by atoms with Crippen LogP contribution in [0.25, 0.3) is 10.8 Å². The van der Waals surface area contributed by atoms with E-state index in [9.17, 15) is 9.90 Å². The minimum absolute atomic E-state index is 0.00630. The summed E-state index contributed by atoms with van der Waals surface area (Å²) >= 11 is 1.55. The van der Waals surface area contributed by atoms with E-state index in [1.807, 2.05) is 24.3 Å². The second-order valence-electron chi connectivity index (χ2n) is 6.30. The standard InChI is InChI=1S/C21H19NO2S/c23-20-7-3-6-17-18(20)10-11-19(17)22-21(24)13-25-16-9-8-14-4-1-2-5-15(14)12-16/h1-9,12,19,23H,10-11,13H2,(H,22,24). The molecule has 4 rings (SSSR count). The van der Waals surface area contributed by atoms with Crippen LogP contribution < -0.4 is 5.32 Å². The highest BCUT2D eigenvalue weighted by atomic mass is 32.2. The van der Waals surface area contributed by atoms with E-state index in [0.717, 1.165) is 28.9 Å². The first-order valence-electron chi connectivity index (χ1n) is 8.42. The topological polar surface area (TPSA) is 49.3 Å². The number of hydrogen-bond donors (Lipinski definition) is 2. The van der Waals surface area contributed by atoms with E-state index in [-0.39, 0.29) is 11.9 Å². The van der Waals surface area contributed by atoms with Crippen molar-refractivity contribution in [3.8, 4) is 5.75 Å². The number of amides is 1. The number of carbonyl (C=O) groups is 1. The zero-order valence-corrected chi connectivity index (χ0v) is 14.6. The van der Waals surface area contributed by atoms with Crippen molar-refractivity contribution >= 4 is 28.4 Å². The molecule has 0 aromatic heterocycles. The third-order valence-corrected chi connectivity index (χ3v) is 5.67. The number of rotatable bonds is 4. The van der Waals surface area contributed by atoms with Gasteiger partial charge in [0.15, 0.2) is 0 Å². The van der Waals surface area contributed by atoms with Crippen molar-refractivity contribution in [3.05, 3.63) is 71.8 Å². The third kappa shape index (κ3) is 3.35. The first kappa shape index (κ1) is 16.0. The van der Waals surface area contributed by atoms with Gasteiger partial charge in [-0.05, 0) is 52.9 Å². The molecule has 0 fully saturated rings. The molecule has 25 heavy (non-hydrogen) atoms. The molecule has 0 heterocycles. The summed E-state index contributed by atoms with van der Waals surface area (Å²) in [6, 6.07) is 20.0. The van der Waals surface area contributed by atoms with Crippen LogP contribution in [0.15, 0.2) is 65.6 Å². The molecule has 1 aliphatic rings. The van der Waals surface area contributed by atoms with Crippen molar-refractivity contribution < 1.29 is 9.90 Å². The first-order chi connectivity index (χ1) is 12.2. The molecule has 0 saturated heterocycles. The molecule has 1 unspecified atom stereocenters. The predicted octanol–water partition coefficient (Wildman–Crippen LogP) is 4.44. The van der Waals surface area contributed by atoms with Gasteiger partial charge < -0.3 is 10.4 Å². The summed E-state index contributed by atoms with van der Waals surface area (Å²) in [4.78, 5) is 13.4. The Morgan fingerprint density at radius 3 is 2.80 bits per heavy atom. The normalized spacial score (nSPS) is 15.9. The number of benzene rings is 3. The first-order valence-corrected chi connectivity index (χ1v) is 9.41. The van der Waals surface area contributed by atoms with Crippen LogP contribution >= 0.6 is 11.8 Å². The Balaban J connectivity index is 1.39. The van der Waals surface area contributed by atoms with E-state index in [4.69, 9.17) is 0 Å². The lowest BCUT2D eigenvalue weighted by Gasteiger charge is -2.14. The summed E-state index contributed by atoms with van der Waals surface area (Å²) in [7, 11) is 0. The Hall–Kier alpha value is -2.46. The van der Waals surface area contributed by atoms with Gasteiger partial charge >= 0.3 is 0 Å². The van der Waals surface area contributed by atoms with Crippen molar-refractivity contribution in [2.75, 3.05) is 5.75 Å². The van der Waals surface area contributed by atoms with Crippen molar-refractivity contribution in [1.29, 1.82) is 0 Å². The van der Waals surface area contributed by atoms with Gasteiger partial charge in [0.25, 0.3) is 0 Å². The molecule has 0 spiro atoms. The summed E-state index contributed by atoms with van der Waals surface area (Å²) in [5.74, 6) is 0.752. The van der Waals surface area contributed by atoms with Crippen molar-refractivity contribution in [1.82, 2.24) is 5.32 Å². The predicted molar refractivity (Wildman–Crippen MR) is 102 cm³/mol. The fourth-order valence-electron chi connectivity index (χ4n) is 3.43. The second-order valence-corrected chi connectivity index (χ2v) is 7.35. The summed E-state index contributed by atoms with van der Waals surface area (Å²) in [6.07, 6.45) is 1.66. The highest BCUT2D eigenvalue weighted by molar-refractivity contribution is 8.00. The molecule has 4 heteroatoms. The van der Waals surface area contributed by atoms with Crippen LogP contribution in [0.4, 0.5) is 0 Å². The van der Waals surface area contributed by atoms with Crippen molar-refractivity contribution in [3.63, 3.8) is 0 Å².